The second kappa shape index (κ2) is 7.33. The van der Waals surface area contributed by atoms with E-state index in [-0.39, 0.29) is 17.7 Å². The first-order valence-electron chi connectivity index (χ1n) is 10.1. The molecule has 1 unspecified atom stereocenters. The zero-order valence-corrected chi connectivity index (χ0v) is 16.2. The van der Waals surface area contributed by atoms with Crippen LogP contribution in [-0.2, 0) is 4.79 Å². The smallest absolute Gasteiger partial charge is 0.274 e. The number of nitrogens with one attached hydrogen (secondary N) is 1. The van der Waals surface area contributed by atoms with E-state index in [1.54, 1.807) is 0 Å². The van der Waals surface area contributed by atoms with Crippen LogP contribution in [0, 0.1) is 18.8 Å². The Hall–Kier alpha value is -2.37. The van der Waals surface area contributed by atoms with Crippen molar-refractivity contribution in [3.8, 4) is 0 Å². The molecular formula is C21H28N4O2. The number of amides is 2. The summed E-state index contributed by atoms with van der Waals surface area (Å²) in [4.78, 5) is 29.7. The van der Waals surface area contributed by atoms with Crippen molar-refractivity contribution in [3.05, 3.63) is 29.5 Å². The van der Waals surface area contributed by atoms with Crippen molar-refractivity contribution in [2.24, 2.45) is 11.8 Å². The molecule has 0 aliphatic carbocycles. The number of H-pyrrole nitrogens is 1. The van der Waals surface area contributed by atoms with E-state index in [2.05, 4.69) is 17.1 Å². The molecule has 1 atom stereocenters. The molecule has 3 heterocycles. The highest BCUT2D eigenvalue weighted by molar-refractivity contribution is 6.04. The number of carbonyl (C=O) groups excluding carboxylic acids is 2. The first kappa shape index (κ1) is 18.0. The predicted molar refractivity (Wildman–Crippen MR) is 104 cm³/mol. The normalized spacial score (nSPS) is 21.6. The van der Waals surface area contributed by atoms with Gasteiger partial charge in [0.25, 0.3) is 5.91 Å². The van der Waals surface area contributed by atoms with Crippen molar-refractivity contribution in [1.29, 1.82) is 0 Å². The van der Waals surface area contributed by atoms with Gasteiger partial charge in [0.05, 0.1) is 5.52 Å². The van der Waals surface area contributed by atoms with Crippen LogP contribution in [0.15, 0.2) is 18.2 Å². The molecule has 0 saturated carbocycles. The number of benzene rings is 1. The third-order valence-corrected chi connectivity index (χ3v) is 6.02. The van der Waals surface area contributed by atoms with Gasteiger partial charge in [-0.25, -0.2) is 0 Å². The average Bonchev–Trinajstić information content (AvgIpc) is 3.10. The molecule has 1 aromatic heterocycles. The molecule has 2 aliphatic heterocycles. The van der Waals surface area contributed by atoms with Gasteiger partial charge in [0.1, 0.15) is 0 Å². The zero-order chi connectivity index (χ0) is 19.0. The number of carbonyl (C=O) groups is 2. The topological polar surface area (TPSA) is 69.3 Å². The largest absolute Gasteiger partial charge is 0.342 e. The average molecular weight is 368 g/mol. The van der Waals surface area contributed by atoms with Crippen molar-refractivity contribution >= 4 is 22.7 Å². The van der Waals surface area contributed by atoms with Crippen LogP contribution in [-0.4, -0.2) is 58.0 Å². The van der Waals surface area contributed by atoms with E-state index in [0.29, 0.717) is 24.7 Å². The molecule has 27 heavy (non-hydrogen) atoms. The maximum atomic E-state index is 13.0. The molecule has 0 bridgehead atoms. The second-order valence-corrected chi connectivity index (χ2v) is 8.22. The fourth-order valence-corrected chi connectivity index (χ4v) is 4.42. The summed E-state index contributed by atoms with van der Waals surface area (Å²) < 4.78 is 0. The zero-order valence-electron chi connectivity index (χ0n) is 16.2. The molecule has 1 aromatic carbocycles. The van der Waals surface area contributed by atoms with Crippen LogP contribution < -0.4 is 0 Å². The van der Waals surface area contributed by atoms with Crippen molar-refractivity contribution in [1.82, 2.24) is 20.0 Å². The minimum absolute atomic E-state index is 0.0376. The van der Waals surface area contributed by atoms with Gasteiger partial charge in [-0.05, 0) is 50.7 Å². The van der Waals surface area contributed by atoms with Gasteiger partial charge < -0.3 is 9.80 Å². The van der Waals surface area contributed by atoms with Crippen molar-refractivity contribution in [3.63, 3.8) is 0 Å². The summed E-state index contributed by atoms with van der Waals surface area (Å²) in [5.41, 5.74) is 2.48. The lowest BCUT2D eigenvalue weighted by Gasteiger charge is -2.37. The standard InChI is InChI=1S/C21H28N4O2/c1-14-5-6-18-17(12-14)19(23-22-18)21(27)24-10-7-16(8-11-24)20(26)25-9-3-4-15(2)13-25/h5-6,12,15-16H,3-4,7-11,13H2,1-2H3,(H,22,23). The minimum Gasteiger partial charge on any atom is -0.342 e. The van der Waals surface area contributed by atoms with Gasteiger partial charge in [-0.3, -0.25) is 14.7 Å². The Bertz CT molecular complexity index is 851. The Morgan fingerprint density at radius 1 is 1.11 bits per heavy atom. The summed E-state index contributed by atoms with van der Waals surface area (Å²) in [6.07, 6.45) is 3.82. The van der Waals surface area contributed by atoms with Crippen LogP contribution in [0.2, 0.25) is 0 Å². The summed E-state index contributed by atoms with van der Waals surface area (Å²) in [6.45, 7) is 7.25. The Kier molecular flexibility index (Phi) is 4.89. The van der Waals surface area contributed by atoms with E-state index in [1.165, 1.54) is 6.42 Å². The van der Waals surface area contributed by atoms with E-state index in [9.17, 15) is 9.59 Å². The van der Waals surface area contributed by atoms with Crippen LogP contribution in [0.1, 0.15) is 48.7 Å². The molecule has 0 spiro atoms. The number of rotatable bonds is 2. The fraction of sp³-hybridized carbons (Fsp3) is 0.571. The van der Waals surface area contributed by atoms with Crippen LogP contribution >= 0.6 is 0 Å². The van der Waals surface area contributed by atoms with E-state index in [0.717, 1.165) is 48.8 Å². The molecule has 2 saturated heterocycles. The Balaban J connectivity index is 1.40. The highest BCUT2D eigenvalue weighted by atomic mass is 16.2. The first-order chi connectivity index (χ1) is 13.0. The van der Waals surface area contributed by atoms with Crippen molar-refractivity contribution < 1.29 is 9.59 Å². The Labute approximate surface area is 159 Å². The van der Waals surface area contributed by atoms with Crippen LogP contribution in [0.25, 0.3) is 10.9 Å². The predicted octanol–water partition coefficient (Wildman–Crippen LogP) is 2.98. The molecule has 1 N–H and O–H groups in total. The van der Waals surface area contributed by atoms with Crippen molar-refractivity contribution in [2.75, 3.05) is 26.2 Å². The van der Waals surface area contributed by atoms with Crippen LogP contribution in [0.5, 0.6) is 0 Å². The Morgan fingerprint density at radius 3 is 2.63 bits per heavy atom. The van der Waals surface area contributed by atoms with Gasteiger partial charge in [0, 0.05) is 37.5 Å². The molecule has 6 nitrogen and oxygen atoms in total. The molecule has 2 fully saturated rings. The van der Waals surface area contributed by atoms with E-state index >= 15 is 0 Å². The SMILES string of the molecule is Cc1ccc2[nH]nc(C(=O)N3CCC(C(=O)N4CCCC(C)C4)CC3)c2c1. The number of aryl methyl sites for hydroxylation is 1. The summed E-state index contributed by atoms with van der Waals surface area (Å²) in [5, 5.41) is 8.08. The van der Waals surface area contributed by atoms with Crippen LogP contribution in [0.4, 0.5) is 0 Å². The van der Waals surface area contributed by atoms with Crippen molar-refractivity contribution in [2.45, 2.75) is 39.5 Å². The summed E-state index contributed by atoms with van der Waals surface area (Å²) in [6, 6.07) is 5.96. The lowest BCUT2D eigenvalue weighted by atomic mass is 9.92. The fourth-order valence-electron chi connectivity index (χ4n) is 4.42. The van der Waals surface area contributed by atoms with Gasteiger partial charge in [-0.2, -0.15) is 5.10 Å². The number of piperidine rings is 2. The maximum Gasteiger partial charge on any atom is 0.274 e. The lowest BCUT2D eigenvalue weighted by Crippen LogP contribution is -2.47. The van der Waals surface area contributed by atoms with Gasteiger partial charge in [0.15, 0.2) is 5.69 Å². The third kappa shape index (κ3) is 3.57. The number of hydrogen-bond donors (Lipinski definition) is 1. The maximum absolute atomic E-state index is 13.0. The summed E-state index contributed by atoms with van der Waals surface area (Å²) in [7, 11) is 0. The van der Waals surface area contributed by atoms with Crippen LogP contribution in [0.3, 0.4) is 0 Å². The molecule has 4 rings (SSSR count). The Morgan fingerprint density at radius 2 is 1.89 bits per heavy atom. The van der Waals surface area contributed by atoms with Gasteiger partial charge >= 0.3 is 0 Å². The molecule has 144 valence electrons. The highest BCUT2D eigenvalue weighted by Gasteiger charge is 2.32. The number of fused-ring (bicyclic) bond motifs is 1. The molecule has 2 amide bonds. The summed E-state index contributed by atoms with van der Waals surface area (Å²) in [5.74, 6) is 0.900. The molecule has 2 aromatic rings. The number of nitrogens with zero attached hydrogens (tertiary/aromatic N) is 3. The number of likely N-dealkylation sites (tertiary alicyclic amines) is 2. The summed E-state index contributed by atoms with van der Waals surface area (Å²) >= 11 is 0. The number of aromatic nitrogens is 2. The first-order valence-corrected chi connectivity index (χ1v) is 10.1. The quantitative estimate of drug-likeness (QED) is 0.886. The second-order valence-electron chi connectivity index (χ2n) is 8.22. The lowest BCUT2D eigenvalue weighted by molar-refractivity contribution is -0.138. The molecular weight excluding hydrogens is 340 g/mol. The molecule has 6 heteroatoms. The number of hydrogen-bond acceptors (Lipinski definition) is 3. The monoisotopic (exact) mass is 368 g/mol. The number of aromatic amines is 1. The molecule has 0 radical (unpaired) electrons. The third-order valence-electron chi connectivity index (χ3n) is 6.02. The van der Waals surface area contributed by atoms with E-state index in [1.807, 2.05) is 34.9 Å². The van der Waals surface area contributed by atoms with Gasteiger partial charge in [0.2, 0.25) is 5.91 Å². The van der Waals surface area contributed by atoms with Gasteiger partial charge in [-0.15, -0.1) is 0 Å². The highest BCUT2D eigenvalue weighted by Crippen LogP contribution is 2.25. The molecule has 2 aliphatic rings. The van der Waals surface area contributed by atoms with E-state index < -0.39 is 0 Å². The minimum atomic E-state index is -0.0376. The van der Waals surface area contributed by atoms with Gasteiger partial charge in [-0.1, -0.05) is 18.6 Å². The van der Waals surface area contributed by atoms with E-state index in [4.69, 9.17) is 0 Å².